The van der Waals surface area contributed by atoms with Crippen LogP contribution in [0, 0.1) is 5.92 Å². The average molecular weight is 329 g/mol. The Morgan fingerprint density at radius 2 is 1.71 bits per heavy atom. The van der Waals surface area contributed by atoms with Crippen molar-refractivity contribution in [2.24, 2.45) is 5.92 Å². The molecule has 0 saturated heterocycles. The smallest absolute Gasteiger partial charge is 0.113 e. The number of rotatable bonds is 5. The topological polar surface area (TPSA) is 21.7 Å². The van der Waals surface area contributed by atoms with Crippen molar-refractivity contribution in [1.29, 1.82) is 0 Å². The van der Waals surface area contributed by atoms with Crippen molar-refractivity contribution in [3.8, 4) is 0 Å². The molecule has 1 aromatic carbocycles. The summed E-state index contributed by atoms with van der Waals surface area (Å²) in [6, 6.07) is 4.73. The Kier molecular flexibility index (Phi) is 6.38. The van der Waals surface area contributed by atoms with Crippen molar-refractivity contribution in [3.05, 3.63) is 23.3 Å². The fraction of sp³-hybridized carbons (Fsp3) is 0.700. The van der Waals surface area contributed by atoms with Gasteiger partial charge in [-0.15, -0.1) is 0 Å². The van der Waals surface area contributed by atoms with E-state index in [-0.39, 0.29) is 19.6 Å². The molecule has 0 saturated carbocycles. The minimum absolute atomic E-state index is 0. The van der Waals surface area contributed by atoms with Gasteiger partial charge in [-0.1, -0.05) is 38.9 Å². The fourth-order valence-corrected chi connectivity index (χ4v) is 4.22. The third-order valence-electron chi connectivity index (χ3n) is 5.17. The van der Waals surface area contributed by atoms with E-state index in [4.69, 9.17) is 17.3 Å². The summed E-state index contributed by atoms with van der Waals surface area (Å²) < 4.78 is 12.1. The van der Waals surface area contributed by atoms with E-state index in [0.717, 1.165) is 38.1 Å². The predicted octanol–water partition coefficient (Wildman–Crippen LogP) is 3.91. The van der Waals surface area contributed by atoms with Gasteiger partial charge < -0.3 is 14.4 Å². The van der Waals surface area contributed by atoms with E-state index in [9.17, 15) is 0 Å². The first kappa shape index (κ1) is 19.3. The molecule has 2 heterocycles. The van der Waals surface area contributed by atoms with Crippen LogP contribution >= 0.6 is 0 Å². The van der Waals surface area contributed by atoms with Crippen LogP contribution in [0.1, 0.15) is 71.3 Å². The van der Waals surface area contributed by atoms with Crippen molar-refractivity contribution >= 4 is 19.0 Å². The highest BCUT2D eigenvalue weighted by molar-refractivity contribution is 6.32. The maximum atomic E-state index is 6.21. The zero-order chi connectivity index (χ0) is 16.6. The summed E-state index contributed by atoms with van der Waals surface area (Å²) in [7, 11) is 6.21. The Morgan fingerprint density at radius 3 is 2.29 bits per heavy atom. The van der Waals surface area contributed by atoms with Crippen LogP contribution in [0.15, 0.2) is 12.1 Å². The second-order valence-corrected chi connectivity index (χ2v) is 6.97. The molecule has 4 heteroatoms. The molecule has 0 bridgehead atoms. The third-order valence-corrected chi connectivity index (χ3v) is 5.17. The van der Waals surface area contributed by atoms with Crippen LogP contribution in [0.2, 0.25) is 0 Å². The van der Waals surface area contributed by atoms with E-state index in [1.54, 1.807) is 0 Å². The molecule has 0 N–H and O–H groups in total. The van der Waals surface area contributed by atoms with Gasteiger partial charge in [0.2, 0.25) is 0 Å². The molecule has 0 spiro atoms. The van der Waals surface area contributed by atoms with Crippen molar-refractivity contribution in [3.63, 3.8) is 0 Å². The Bertz CT molecular complexity index is 544. The van der Waals surface area contributed by atoms with E-state index >= 15 is 0 Å². The molecule has 2 aliphatic heterocycles. The molecule has 3 rings (SSSR count). The van der Waals surface area contributed by atoms with E-state index in [0.29, 0.717) is 12.0 Å². The van der Waals surface area contributed by atoms with Gasteiger partial charge in [0.15, 0.2) is 0 Å². The molecule has 0 amide bonds. The number of hydrogen-bond donors (Lipinski definition) is 0. The van der Waals surface area contributed by atoms with Gasteiger partial charge in [0.1, 0.15) is 7.85 Å². The summed E-state index contributed by atoms with van der Waals surface area (Å²) in [5.41, 5.74) is 4.65. The SMILES string of the molecule is C.[B]c1cc2c3c(c1)C(OCC)CC(C(C)C)N3CCC2OCC. The molecule has 3 nitrogen and oxygen atoms in total. The lowest BCUT2D eigenvalue weighted by Gasteiger charge is -2.48. The monoisotopic (exact) mass is 329 g/mol. The lowest BCUT2D eigenvalue weighted by molar-refractivity contribution is 0.0330. The summed E-state index contributed by atoms with van der Waals surface area (Å²) in [5.74, 6) is 0.597. The van der Waals surface area contributed by atoms with Gasteiger partial charge >= 0.3 is 0 Å². The third kappa shape index (κ3) is 3.36. The van der Waals surface area contributed by atoms with E-state index in [1.807, 2.05) is 0 Å². The molecular formula is C20H32BNO2. The van der Waals surface area contributed by atoms with Crippen molar-refractivity contribution < 1.29 is 9.47 Å². The molecule has 132 valence electrons. The summed E-state index contributed by atoms with van der Waals surface area (Å²) in [5, 5.41) is 0. The molecular weight excluding hydrogens is 297 g/mol. The Labute approximate surface area is 149 Å². The Balaban J connectivity index is 0.00000208. The van der Waals surface area contributed by atoms with Crippen LogP contribution in [0.3, 0.4) is 0 Å². The Hall–Kier alpha value is -0.995. The van der Waals surface area contributed by atoms with Gasteiger partial charge in [0.25, 0.3) is 0 Å². The highest BCUT2D eigenvalue weighted by atomic mass is 16.5. The largest absolute Gasteiger partial charge is 0.374 e. The van der Waals surface area contributed by atoms with Gasteiger partial charge in [-0.05, 0) is 32.6 Å². The van der Waals surface area contributed by atoms with Crippen LogP contribution in [0.4, 0.5) is 5.69 Å². The second kappa shape index (κ2) is 7.92. The quantitative estimate of drug-likeness (QED) is 0.765. The number of ether oxygens (including phenoxy) is 2. The molecule has 2 radical (unpaired) electrons. The maximum Gasteiger partial charge on any atom is 0.113 e. The van der Waals surface area contributed by atoms with Crippen LogP contribution in [0.25, 0.3) is 0 Å². The summed E-state index contributed by atoms with van der Waals surface area (Å²) in [4.78, 5) is 2.58. The molecule has 0 aliphatic carbocycles. The van der Waals surface area contributed by atoms with Crippen LogP contribution in [0.5, 0.6) is 0 Å². The molecule has 0 aromatic heterocycles. The number of anilines is 1. The van der Waals surface area contributed by atoms with E-state index in [2.05, 4.69) is 44.7 Å². The minimum Gasteiger partial charge on any atom is -0.374 e. The first-order chi connectivity index (χ1) is 11.1. The lowest BCUT2D eigenvalue weighted by atomic mass is 9.79. The normalized spacial score (nSPS) is 25.4. The lowest BCUT2D eigenvalue weighted by Crippen LogP contribution is -2.48. The maximum absolute atomic E-state index is 6.21. The molecule has 0 fully saturated rings. The molecule has 1 aromatic rings. The first-order valence-electron chi connectivity index (χ1n) is 8.99. The van der Waals surface area contributed by atoms with Gasteiger partial charge in [-0.25, -0.2) is 0 Å². The highest BCUT2D eigenvalue weighted by Gasteiger charge is 2.40. The predicted molar refractivity (Wildman–Crippen MR) is 103 cm³/mol. The minimum atomic E-state index is 0. The van der Waals surface area contributed by atoms with E-state index < -0.39 is 0 Å². The van der Waals surface area contributed by atoms with Crippen molar-refractivity contribution in [2.75, 3.05) is 24.7 Å². The Morgan fingerprint density at radius 1 is 1.12 bits per heavy atom. The average Bonchev–Trinajstić information content (AvgIpc) is 2.51. The van der Waals surface area contributed by atoms with Crippen LogP contribution in [-0.4, -0.2) is 33.6 Å². The van der Waals surface area contributed by atoms with Crippen LogP contribution < -0.4 is 10.4 Å². The zero-order valence-electron chi connectivity index (χ0n) is 14.8. The highest BCUT2D eigenvalue weighted by Crippen LogP contribution is 2.48. The number of hydrogen-bond acceptors (Lipinski definition) is 3. The molecule has 24 heavy (non-hydrogen) atoms. The summed E-state index contributed by atoms with van der Waals surface area (Å²) in [6.07, 6.45) is 2.37. The zero-order valence-corrected chi connectivity index (χ0v) is 14.8. The standard InChI is InChI=1S/C19H28BNO2.CH4/c1-5-22-17-7-8-21-16(12(3)4)11-18(23-6-2)15-10-13(20)9-14(17)19(15)21;/h9-10,12,16-18H,5-8,11H2,1-4H3;1H4. The number of benzene rings is 1. The van der Waals surface area contributed by atoms with Gasteiger partial charge in [-0.2, -0.15) is 0 Å². The second-order valence-electron chi connectivity index (χ2n) is 6.97. The van der Waals surface area contributed by atoms with E-state index in [1.165, 1.54) is 16.8 Å². The summed E-state index contributed by atoms with van der Waals surface area (Å²) >= 11 is 0. The molecule has 3 unspecified atom stereocenters. The molecule has 2 aliphatic rings. The van der Waals surface area contributed by atoms with Gasteiger partial charge in [0, 0.05) is 42.6 Å². The molecule has 3 atom stereocenters. The fourth-order valence-electron chi connectivity index (χ4n) is 4.22. The first-order valence-corrected chi connectivity index (χ1v) is 8.99. The van der Waals surface area contributed by atoms with Crippen molar-refractivity contribution in [2.45, 2.75) is 66.2 Å². The van der Waals surface area contributed by atoms with Crippen molar-refractivity contribution in [1.82, 2.24) is 0 Å². The van der Waals surface area contributed by atoms with Gasteiger partial charge in [-0.3, -0.25) is 0 Å². The summed E-state index contributed by atoms with van der Waals surface area (Å²) in [6.45, 7) is 11.3. The van der Waals surface area contributed by atoms with Crippen LogP contribution in [-0.2, 0) is 9.47 Å². The van der Waals surface area contributed by atoms with Gasteiger partial charge in [0.05, 0.1) is 12.2 Å². The number of nitrogens with zero attached hydrogens (tertiary/aromatic N) is 1.